The van der Waals surface area contributed by atoms with E-state index in [0.29, 0.717) is 5.82 Å². The molecule has 0 saturated heterocycles. The molecule has 82 valence electrons. The van der Waals surface area contributed by atoms with Gasteiger partial charge in [-0.3, -0.25) is 4.79 Å². The van der Waals surface area contributed by atoms with E-state index in [1.165, 1.54) is 11.3 Å². The zero-order chi connectivity index (χ0) is 11.5. The van der Waals surface area contributed by atoms with Crippen molar-refractivity contribution in [2.75, 3.05) is 5.73 Å². The van der Waals surface area contributed by atoms with Gasteiger partial charge in [-0.1, -0.05) is 22.0 Å². The van der Waals surface area contributed by atoms with Crippen LogP contribution in [0.4, 0.5) is 5.82 Å². The Morgan fingerprint density at radius 2 is 2.31 bits per heavy atom. The van der Waals surface area contributed by atoms with E-state index >= 15 is 0 Å². The number of nitrogen functional groups attached to an aromatic ring is 1. The van der Waals surface area contributed by atoms with Crippen LogP contribution < -0.4 is 5.73 Å². The summed E-state index contributed by atoms with van der Waals surface area (Å²) in [4.78, 5) is 16.3. The minimum atomic E-state index is -0.364. The van der Waals surface area contributed by atoms with Crippen molar-refractivity contribution >= 4 is 38.9 Å². The Bertz CT molecular complexity index is 498. The van der Waals surface area contributed by atoms with E-state index in [0.717, 1.165) is 10.4 Å². The average Bonchev–Trinajstić information content (AvgIpc) is 2.80. The minimum absolute atomic E-state index is 0.0422. The summed E-state index contributed by atoms with van der Waals surface area (Å²) in [5, 5.41) is 1.88. The maximum absolute atomic E-state index is 12.0. The number of aromatic nitrogens is 1. The number of nitrogens with two attached hydrogens (primary N) is 1. The molecule has 0 spiro atoms. The van der Waals surface area contributed by atoms with E-state index in [4.69, 9.17) is 5.73 Å². The second-order valence-corrected chi connectivity index (χ2v) is 5.08. The third-order valence-corrected chi connectivity index (χ3v) is 3.92. The quantitative estimate of drug-likeness (QED) is 0.700. The van der Waals surface area contributed by atoms with Crippen molar-refractivity contribution in [1.29, 1.82) is 0 Å². The number of Topliss-reactive ketones (excluding diaryl/α,β-unsaturated/α-hetero) is 1. The van der Waals surface area contributed by atoms with E-state index in [1.807, 2.05) is 17.5 Å². The molecule has 0 bridgehead atoms. The molecule has 5 heteroatoms. The zero-order valence-electron chi connectivity index (χ0n) is 8.26. The van der Waals surface area contributed by atoms with Crippen LogP contribution in [0.5, 0.6) is 0 Å². The van der Waals surface area contributed by atoms with Gasteiger partial charge in [-0.2, -0.15) is 0 Å². The highest BCUT2D eigenvalue weighted by Crippen LogP contribution is 2.29. The first-order valence-corrected chi connectivity index (χ1v) is 6.41. The van der Waals surface area contributed by atoms with Gasteiger partial charge in [0.1, 0.15) is 10.6 Å². The van der Waals surface area contributed by atoms with Crippen molar-refractivity contribution in [2.24, 2.45) is 0 Å². The Kier molecular flexibility index (Phi) is 3.36. The Morgan fingerprint density at radius 1 is 1.50 bits per heavy atom. The molecule has 0 radical (unpaired) electrons. The van der Waals surface area contributed by atoms with Crippen LogP contribution in [0, 0.1) is 0 Å². The maximum atomic E-state index is 12.0. The first kappa shape index (κ1) is 11.3. The number of anilines is 1. The second kappa shape index (κ2) is 4.76. The summed E-state index contributed by atoms with van der Waals surface area (Å²) >= 11 is 4.81. The lowest BCUT2D eigenvalue weighted by molar-refractivity contribution is 0.0995. The minimum Gasteiger partial charge on any atom is -0.384 e. The summed E-state index contributed by atoms with van der Waals surface area (Å²) < 4.78 is 0. The SMILES string of the molecule is Nc1cc(C(Br)C(=O)c2cccs2)ccn1. The molecule has 0 aromatic carbocycles. The van der Waals surface area contributed by atoms with Crippen LogP contribution in [0.15, 0.2) is 35.8 Å². The number of rotatable bonds is 3. The molecule has 0 aliphatic carbocycles. The van der Waals surface area contributed by atoms with Crippen LogP contribution in [0.2, 0.25) is 0 Å². The lowest BCUT2D eigenvalue weighted by Crippen LogP contribution is -2.06. The normalized spacial score (nSPS) is 12.3. The van der Waals surface area contributed by atoms with E-state index < -0.39 is 0 Å². The third kappa shape index (κ3) is 2.31. The van der Waals surface area contributed by atoms with Crippen molar-refractivity contribution in [3.63, 3.8) is 0 Å². The molecule has 1 atom stereocenters. The van der Waals surface area contributed by atoms with Gasteiger partial charge in [0, 0.05) is 6.20 Å². The topological polar surface area (TPSA) is 56.0 Å². The molecule has 0 amide bonds. The monoisotopic (exact) mass is 296 g/mol. The molecule has 2 aromatic heterocycles. The Labute approximate surface area is 105 Å². The first-order chi connectivity index (χ1) is 7.68. The van der Waals surface area contributed by atoms with Crippen molar-refractivity contribution in [3.05, 3.63) is 46.3 Å². The van der Waals surface area contributed by atoms with Gasteiger partial charge in [0.15, 0.2) is 5.78 Å². The number of carbonyl (C=O) groups excluding carboxylic acids is 1. The largest absolute Gasteiger partial charge is 0.384 e. The molecule has 1 unspecified atom stereocenters. The lowest BCUT2D eigenvalue weighted by atomic mass is 10.1. The van der Waals surface area contributed by atoms with E-state index in [2.05, 4.69) is 20.9 Å². The fourth-order valence-corrected chi connectivity index (χ4v) is 2.70. The van der Waals surface area contributed by atoms with Gasteiger partial charge in [-0.05, 0) is 29.1 Å². The smallest absolute Gasteiger partial charge is 0.190 e. The number of thiophene rings is 1. The summed E-state index contributed by atoms with van der Waals surface area (Å²) in [6.07, 6.45) is 1.60. The highest BCUT2D eigenvalue weighted by Gasteiger charge is 2.19. The number of alkyl halides is 1. The molecule has 0 saturated carbocycles. The molecule has 3 nitrogen and oxygen atoms in total. The number of carbonyl (C=O) groups is 1. The third-order valence-electron chi connectivity index (χ3n) is 2.09. The van der Waals surface area contributed by atoms with Gasteiger partial charge in [0.2, 0.25) is 0 Å². The molecular formula is C11H9BrN2OS. The molecule has 2 N–H and O–H groups in total. The maximum Gasteiger partial charge on any atom is 0.190 e. The van der Waals surface area contributed by atoms with Crippen LogP contribution in [0.25, 0.3) is 0 Å². The first-order valence-electron chi connectivity index (χ1n) is 4.61. The zero-order valence-corrected chi connectivity index (χ0v) is 10.7. The molecule has 16 heavy (non-hydrogen) atoms. The van der Waals surface area contributed by atoms with Gasteiger partial charge >= 0.3 is 0 Å². The van der Waals surface area contributed by atoms with E-state index in [-0.39, 0.29) is 10.6 Å². The van der Waals surface area contributed by atoms with Crippen LogP contribution in [0.1, 0.15) is 20.1 Å². The van der Waals surface area contributed by atoms with Crippen molar-refractivity contribution < 1.29 is 4.79 Å². The fraction of sp³-hybridized carbons (Fsp3) is 0.0909. The van der Waals surface area contributed by atoms with E-state index in [9.17, 15) is 4.79 Å². The summed E-state index contributed by atoms with van der Waals surface area (Å²) in [5.74, 6) is 0.460. The molecule has 2 rings (SSSR count). The summed E-state index contributed by atoms with van der Waals surface area (Å²) in [5.41, 5.74) is 6.40. The fourth-order valence-electron chi connectivity index (χ4n) is 1.32. The Balaban J connectivity index is 2.26. The number of ketones is 1. The van der Waals surface area contributed by atoms with Gasteiger partial charge in [-0.25, -0.2) is 4.98 Å². The van der Waals surface area contributed by atoms with Crippen molar-refractivity contribution in [3.8, 4) is 0 Å². The molecule has 0 aliphatic heterocycles. The predicted molar refractivity (Wildman–Crippen MR) is 69.0 cm³/mol. The summed E-state index contributed by atoms with van der Waals surface area (Å²) in [7, 11) is 0. The number of hydrogen-bond acceptors (Lipinski definition) is 4. The van der Waals surface area contributed by atoms with Gasteiger partial charge < -0.3 is 5.73 Å². The van der Waals surface area contributed by atoms with Crippen LogP contribution in [-0.4, -0.2) is 10.8 Å². The van der Waals surface area contributed by atoms with Crippen molar-refractivity contribution in [2.45, 2.75) is 4.83 Å². The van der Waals surface area contributed by atoms with Crippen molar-refractivity contribution in [1.82, 2.24) is 4.98 Å². The van der Waals surface area contributed by atoms with Crippen LogP contribution in [-0.2, 0) is 0 Å². The van der Waals surface area contributed by atoms with Gasteiger partial charge in [-0.15, -0.1) is 11.3 Å². The second-order valence-electron chi connectivity index (χ2n) is 3.22. The number of nitrogens with zero attached hydrogens (tertiary/aromatic N) is 1. The summed E-state index contributed by atoms with van der Waals surface area (Å²) in [6.45, 7) is 0. The lowest BCUT2D eigenvalue weighted by Gasteiger charge is -2.07. The summed E-state index contributed by atoms with van der Waals surface area (Å²) in [6, 6.07) is 7.15. The Hall–Kier alpha value is -1.20. The number of pyridine rings is 1. The van der Waals surface area contributed by atoms with Gasteiger partial charge in [0.25, 0.3) is 0 Å². The highest BCUT2D eigenvalue weighted by atomic mass is 79.9. The molecule has 2 aromatic rings. The number of hydrogen-bond donors (Lipinski definition) is 1. The molecule has 0 fully saturated rings. The molecule has 0 aliphatic rings. The predicted octanol–water partition coefficient (Wildman–Crippen LogP) is 3.04. The molecule has 2 heterocycles. The van der Waals surface area contributed by atoms with E-state index in [1.54, 1.807) is 18.3 Å². The standard InChI is InChI=1S/C11H9BrN2OS/c12-10(7-3-4-14-9(13)6-7)11(15)8-2-1-5-16-8/h1-6,10H,(H2,13,14). The number of halogens is 1. The molecular weight excluding hydrogens is 288 g/mol. The highest BCUT2D eigenvalue weighted by molar-refractivity contribution is 9.09. The van der Waals surface area contributed by atoms with Gasteiger partial charge in [0.05, 0.1) is 4.88 Å². The van der Waals surface area contributed by atoms with Crippen LogP contribution in [0.3, 0.4) is 0 Å². The Morgan fingerprint density at radius 3 is 2.94 bits per heavy atom. The van der Waals surface area contributed by atoms with Crippen LogP contribution >= 0.6 is 27.3 Å². The average molecular weight is 297 g/mol.